The largest absolute Gasteiger partial charge is 0.478 e. The van der Waals surface area contributed by atoms with E-state index in [1.54, 1.807) is 18.3 Å². The van der Waals surface area contributed by atoms with Crippen LogP contribution in [0.5, 0.6) is 0 Å². The van der Waals surface area contributed by atoms with Gasteiger partial charge in [0.15, 0.2) is 0 Å². The first-order chi connectivity index (χ1) is 10.1. The van der Waals surface area contributed by atoms with Crippen LogP contribution in [0.3, 0.4) is 0 Å². The van der Waals surface area contributed by atoms with Crippen LogP contribution in [0, 0.1) is 0 Å². The van der Waals surface area contributed by atoms with Crippen LogP contribution in [0.1, 0.15) is 34.8 Å². The van der Waals surface area contributed by atoms with Crippen LogP contribution in [0.15, 0.2) is 34.6 Å². The minimum atomic E-state index is -1.05. The van der Waals surface area contributed by atoms with E-state index in [0.717, 1.165) is 5.01 Å². The van der Waals surface area contributed by atoms with Gasteiger partial charge < -0.3 is 10.1 Å². The minimum absolute atomic E-state index is 0.112. The van der Waals surface area contributed by atoms with Gasteiger partial charge in [-0.25, -0.2) is 14.6 Å². The molecular weight excluding hydrogens is 290 g/mol. The van der Waals surface area contributed by atoms with Crippen LogP contribution < -0.4 is 5.69 Å². The van der Waals surface area contributed by atoms with Crippen LogP contribution in [0.2, 0.25) is 0 Å². The maximum absolute atomic E-state index is 12.3. The van der Waals surface area contributed by atoms with Crippen LogP contribution in [-0.2, 0) is 0 Å². The maximum Gasteiger partial charge on any atom is 0.337 e. The predicted molar refractivity (Wildman–Crippen MR) is 80.1 cm³/mol. The normalized spacial score (nSPS) is 12.6. The summed E-state index contributed by atoms with van der Waals surface area (Å²) in [6.07, 6.45) is 2.33. The molecule has 1 unspecified atom stereocenters. The first kappa shape index (κ1) is 13.6. The van der Waals surface area contributed by atoms with Crippen molar-refractivity contribution in [3.05, 3.63) is 50.8 Å². The van der Waals surface area contributed by atoms with Crippen molar-refractivity contribution in [3.63, 3.8) is 0 Å². The second-order valence-electron chi connectivity index (χ2n) is 4.60. The molecule has 7 heteroatoms. The van der Waals surface area contributed by atoms with Crippen LogP contribution in [0.4, 0.5) is 0 Å². The number of rotatable bonds is 4. The summed E-state index contributed by atoms with van der Waals surface area (Å²) < 4.78 is 1.50. The van der Waals surface area contributed by atoms with Crippen molar-refractivity contribution in [1.29, 1.82) is 0 Å². The van der Waals surface area contributed by atoms with E-state index in [1.165, 1.54) is 22.0 Å². The van der Waals surface area contributed by atoms with E-state index < -0.39 is 5.97 Å². The van der Waals surface area contributed by atoms with E-state index in [1.807, 2.05) is 12.3 Å². The molecular formula is C14H13N3O3S. The fourth-order valence-electron chi connectivity index (χ4n) is 2.52. The molecule has 21 heavy (non-hydrogen) atoms. The molecule has 2 aromatic heterocycles. The van der Waals surface area contributed by atoms with Crippen LogP contribution in [0.25, 0.3) is 11.0 Å². The molecule has 0 bridgehead atoms. The molecule has 2 N–H and O–H groups in total. The van der Waals surface area contributed by atoms with Gasteiger partial charge in [-0.1, -0.05) is 13.0 Å². The number of hydrogen-bond acceptors (Lipinski definition) is 4. The Morgan fingerprint density at radius 1 is 1.52 bits per heavy atom. The SMILES string of the molecule is CCC(c1nccs1)n1c(=O)[nH]c2cccc(C(=O)O)c21. The average molecular weight is 303 g/mol. The quantitative estimate of drug-likeness (QED) is 0.775. The van der Waals surface area contributed by atoms with Gasteiger partial charge in [-0.05, 0) is 18.6 Å². The highest BCUT2D eigenvalue weighted by molar-refractivity contribution is 7.09. The third kappa shape index (κ3) is 2.15. The lowest BCUT2D eigenvalue weighted by molar-refractivity contribution is 0.0698. The van der Waals surface area contributed by atoms with Gasteiger partial charge in [-0.15, -0.1) is 11.3 Å². The average Bonchev–Trinajstić information content (AvgIpc) is 3.08. The number of para-hydroxylation sites is 1. The van der Waals surface area contributed by atoms with Gasteiger partial charge in [0, 0.05) is 11.6 Å². The molecule has 3 aromatic rings. The third-order valence-electron chi connectivity index (χ3n) is 3.40. The maximum atomic E-state index is 12.3. The van der Waals surface area contributed by atoms with Gasteiger partial charge in [-0.3, -0.25) is 4.57 Å². The highest BCUT2D eigenvalue weighted by Gasteiger charge is 2.23. The molecule has 1 atom stereocenters. The second-order valence-corrected chi connectivity index (χ2v) is 5.53. The van der Waals surface area contributed by atoms with Gasteiger partial charge in [-0.2, -0.15) is 0 Å². The fraction of sp³-hybridized carbons (Fsp3) is 0.214. The standard InChI is InChI=1S/C14H13N3O3S/c1-2-10(12-15-6-7-21-12)17-11-8(13(18)19)4-3-5-9(11)16-14(17)20/h3-7,10H,2H2,1H3,(H,16,20)(H,18,19). The van der Waals surface area contributed by atoms with Crippen molar-refractivity contribution in [2.45, 2.75) is 19.4 Å². The van der Waals surface area contributed by atoms with Gasteiger partial charge in [0.2, 0.25) is 0 Å². The lowest BCUT2D eigenvalue weighted by Gasteiger charge is -2.15. The number of carboxylic acid groups (broad SMARTS) is 1. The van der Waals surface area contributed by atoms with Gasteiger partial charge in [0.1, 0.15) is 5.01 Å². The van der Waals surface area contributed by atoms with Crippen molar-refractivity contribution in [1.82, 2.24) is 14.5 Å². The van der Waals surface area contributed by atoms with Crippen LogP contribution in [-0.4, -0.2) is 25.6 Å². The molecule has 2 heterocycles. The number of aromatic carboxylic acids is 1. The molecule has 6 nitrogen and oxygen atoms in total. The highest BCUT2D eigenvalue weighted by atomic mass is 32.1. The monoisotopic (exact) mass is 303 g/mol. The number of aromatic nitrogens is 3. The molecule has 0 amide bonds. The summed E-state index contributed by atoms with van der Waals surface area (Å²) in [5.41, 5.74) is 0.730. The van der Waals surface area contributed by atoms with Crippen LogP contribution >= 0.6 is 11.3 Å². The number of H-pyrrole nitrogens is 1. The number of aromatic amines is 1. The molecule has 0 radical (unpaired) electrons. The number of nitrogens with zero attached hydrogens (tertiary/aromatic N) is 2. The Hall–Kier alpha value is -2.41. The predicted octanol–water partition coefficient (Wildman–Crippen LogP) is 2.48. The first-order valence-corrected chi connectivity index (χ1v) is 7.37. The summed E-state index contributed by atoms with van der Waals surface area (Å²) in [5.74, 6) is -1.05. The number of benzene rings is 1. The highest BCUT2D eigenvalue weighted by Crippen LogP contribution is 2.27. The number of carboxylic acids is 1. The zero-order chi connectivity index (χ0) is 15.0. The van der Waals surface area contributed by atoms with Gasteiger partial charge in [0.05, 0.1) is 22.6 Å². The van der Waals surface area contributed by atoms with E-state index in [-0.39, 0.29) is 17.3 Å². The smallest absolute Gasteiger partial charge is 0.337 e. The Bertz CT molecular complexity index is 848. The van der Waals surface area contributed by atoms with Crippen molar-refractivity contribution in [2.24, 2.45) is 0 Å². The molecule has 0 aliphatic carbocycles. The van der Waals surface area contributed by atoms with Crippen molar-refractivity contribution in [3.8, 4) is 0 Å². The fourth-order valence-corrected chi connectivity index (χ4v) is 3.33. The van der Waals surface area contributed by atoms with E-state index in [4.69, 9.17) is 0 Å². The molecule has 0 aliphatic heterocycles. The van der Waals surface area contributed by atoms with E-state index in [2.05, 4.69) is 9.97 Å². The number of fused-ring (bicyclic) bond motifs is 1. The molecule has 3 rings (SSSR count). The summed E-state index contributed by atoms with van der Waals surface area (Å²) in [6, 6.07) is 4.56. The molecule has 0 saturated heterocycles. The Balaban J connectivity index is 2.34. The lowest BCUT2D eigenvalue weighted by atomic mass is 10.1. The summed E-state index contributed by atoms with van der Waals surface area (Å²) >= 11 is 1.45. The molecule has 1 aromatic carbocycles. The van der Waals surface area contributed by atoms with E-state index in [0.29, 0.717) is 17.5 Å². The Morgan fingerprint density at radius 3 is 2.95 bits per heavy atom. The second kappa shape index (κ2) is 5.17. The number of carbonyl (C=O) groups is 1. The zero-order valence-electron chi connectivity index (χ0n) is 11.2. The van der Waals surface area contributed by atoms with E-state index >= 15 is 0 Å². The number of nitrogens with one attached hydrogen (secondary N) is 1. The van der Waals surface area contributed by atoms with Crippen molar-refractivity contribution < 1.29 is 9.90 Å². The molecule has 0 fully saturated rings. The summed E-state index contributed by atoms with van der Waals surface area (Å²) in [7, 11) is 0. The third-order valence-corrected chi connectivity index (χ3v) is 4.28. The number of imidazole rings is 1. The number of thiazole rings is 1. The van der Waals surface area contributed by atoms with E-state index in [9.17, 15) is 14.7 Å². The Kier molecular flexibility index (Phi) is 3.34. The van der Waals surface area contributed by atoms with Crippen molar-refractivity contribution in [2.75, 3.05) is 0 Å². The summed E-state index contributed by atoms with van der Waals surface area (Å²) in [4.78, 5) is 30.7. The zero-order valence-corrected chi connectivity index (χ0v) is 12.1. The summed E-state index contributed by atoms with van der Waals surface area (Å²) in [5, 5.41) is 12.0. The molecule has 0 spiro atoms. The summed E-state index contributed by atoms with van der Waals surface area (Å²) in [6.45, 7) is 1.95. The molecule has 108 valence electrons. The Morgan fingerprint density at radius 2 is 2.33 bits per heavy atom. The first-order valence-electron chi connectivity index (χ1n) is 6.49. The minimum Gasteiger partial charge on any atom is -0.478 e. The van der Waals surface area contributed by atoms with Gasteiger partial charge in [0.25, 0.3) is 0 Å². The van der Waals surface area contributed by atoms with Gasteiger partial charge >= 0.3 is 11.7 Å². The molecule has 0 saturated carbocycles. The molecule has 0 aliphatic rings. The topological polar surface area (TPSA) is 88.0 Å². The Labute approximate surface area is 123 Å². The number of hydrogen-bond donors (Lipinski definition) is 2. The van der Waals surface area contributed by atoms with Crippen molar-refractivity contribution >= 4 is 28.3 Å². The lowest BCUT2D eigenvalue weighted by Crippen LogP contribution is -2.23.